The number of esters is 2. The predicted octanol–water partition coefficient (Wildman–Crippen LogP) is 10.7. The molecule has 0 aromatic carbocycles. The van der Waals surface area contributed by atoms with Gasteiger partial charge in [-0.25, -0.2) is 4.57 Å². The van der Waals surface area contributed by atoms with Crippen molar-refractivity contribution < 1.29 is 52.2 Å². The quantitative estimate of drug-likeness (QED) is 0.0175. The van der Waals surface area contributed by atoms with Gasteiger partial charge < -0.3 is 29.9 Å². The molecule has 1 saturated heterocycles. The lowest BCUT2D eigenvalue weighted by Gasteiger charge is -2.20. The zero-order chi connectivity index (χ0) is 43.2. The number of phosphoric acid groups is 1. The van der Waals surface area contributed by atoms with Crippen LogP contribution in [0.3, 0.4) is 0 Å². The van der Waals surface area contributed by atoms with E-state index >= 15 is 0 Å². The molecule has 1 fully saturated rings. The fraction of sp³-hybridized carbons (Fsp3) is 0.674. The van der Waals surface area contributed by atoms with E-state index in [1.807, 2.05) is 12.2 Å². The van der Waals surface area contributed by atoms with E-state index in [4.69, 9.17) is 29.6 Å². The van der Waals surface area contributed by atoms with Crippen molar-refractivity contribution in [3.63, 3.8) is 0 Å². The van der Waals surface area contributed by atoms with E-state index in [9.17, 15) is 23.8 Å². The Bertz CT molecular complexity index is 1340. The summed E-state index contributed by atoms with van der Waals surface area (Å²) < 4.78 is 38.4. The van der Waals surface area contributed by atoms with Gasteiger partial charge in [0.2, 0.25) is 0 Å². The highest BCUT2D eigenvalue weighted by atomic mass is 31.2. The van der Waals surface area contributed by atoms with Gasteiger partial charge in [-0.1, -0.05) is 132 Å². The number of nitrogens with two attached hydrogens (primary N) is 1. The Labute approximate surface area is 355 Å². The second-order valence-corrected chi connectivity index (χ2v) is 16.3. The Hall–Kier alpha value is -3.12. The fourth-order valence-electron chi connectivity index (χ4n) is 5.75. The topological polar surface area (TPSA) is 184 Å². The first-order chi connectivity index (χ1) is 28.6. The third-order valence-electron chi connectivity index (χ3n) is 9.35. The summed E-state index contributed by atoms with van der Waals surface area (Å²) in [6, 6.07) is -1.54. The predicted molar refractivity (Wildman–Crippen MR) is 235 cm³/mol. The molecule has 0 amide bonds. The Kier molecular flexibility index (Phi) is 33.5. The molecule has 1 rings (SSSR count). The van der Waals surface area contributed by atoms with Crippen molar-refractivity contribution >= 4 is 25.7 Å². The van der Waals surface area contributed by atoms with Crippen molar-refractivity contribution in [2.24, 2.45) is 5.73 Å². The van der Waals surface area contributed by atoms with Crippen molar-refractivity contribution in [1.29, 1.82) is 0 Å². The van der Waals surface area contributed by atoms with Gasteiger partial charge >= 0.3 is 25.7 Å². The summed E-state index contributed by atoms with van der Waals surface area (Å²) in [6.45, 7) is 2.63. The van der Waals surface area contributed by atoms with Gasteiger partial charge in [-0.3, -0.25) is 23.4 Å². The van der Waals surface area contributed by atoms with Crippen LogP contribution >= 0.6 is 7.82 Å². The summed E-state index contributed by atoms with van der Waals surface area (Å²) >= 11 is 0. The van der Waals surface area contributed by atoms with E-state index in [-0.39, 0.29) is 25.0 Å². The molecule has 12 nitrogen and oxygen atoms in total. The molecule has 13 heteroatoms. The summed E-state index contributed by atoms with van der Waals surface area (Å²) in [4.78, 5) is 46.1. The van der Waals surface area contributed by atoms with Crippen LogP contribution in [0.4, 0.5) is 0 Å². The maximum absolute atomic E-state index is 12.6. The van der Waals surface area contributed by atoms with Crippen LogP contribution in [-0.4, -0.2) is 72.1 Å². The van der Waals surface area contributed by atoms with Gasteiger partial charge in [-0.2, -0.15) is 0 Å². The number of carboxylic acids is 1. The van der Waals surface area contributed by atoms with Crippen LogP contribution < -0.4 is 5.73 Å². The number of epoxide rings is 1. The van der Waals surface area contributed by atoms with E-state index in [2.05, 4.69) is 79.1 Å². The minimum absolute atomic E-state index is 0.0695. The Balaban J connectivity index is 2.38. The zero-order valence-corrected chi connectivity index (χ0v) is 36.9. The molecule has 0 spiro atoms. The number of carbonyl (C=O) groups is 3. The van der Waals surface area contributed by atoms with Crippen LogP contribution in [-0.2, 0) is 42.2 Å². The average molecular weight is 850 g/mol. The minimum Gasteiger partial charge on any atom is -0.480 e. The monoisotopic (exact) mass is 850 g/mol. The maximum Gasteiger partial charge on any atom is 0.472 e. The molecule has 0 aromatic rings. The highest BCUT2D eigenvalue weighted by molar-refractivity contribution is 7.47. The van der Waals surface area contributed by atoms with Gasteiger partial charge in [-0.15, -0.1) is 0 Å². The van der Waals surface area contributed by atoms with Crippen LogP contribution in [0.5, 0.6) is 0 Å². The fourth-order valence-corrected chi connectivity index (χ4v) is 6.53. The minimum atomic E-state index is -4.75. The van der Waals surface area contributed by atoms with E-state index in [1.165, 1.54) is 57.8 Å². The molecule has 336 valence electrons. The van der Waals surface area contributed by atoms with Crippen molar-refractivity contribution in [1.82, 2.24) is 0 Å². The highest BCUT2D eigenvalue weighted by Crippen LogP contribution is 2.43. The smallest absolute Gasteiger partial charge is 0.472 e. The summed E-state index contributed by atoms with van der Waals surface area (Å²) in [6.07, 6.45) is 45.7. The van der Waals surface area contributed by atoms with Crippen molar-refractivity contribution in [3.05, 3.63) is 72.9 Å². The van der Waals surface area contributed by atoms with Crippen molar-refractivity contribution in [2.45, 2.75) is 179 Å². The standard InChI is InChI=1S/C46H76NO11P/c1-3-5-7-9-11-13-15-17-18-19-20-21-23-25-27-29-31-35-45(49)57-40(38-55-59(52,53)56-39-41(47)46(50)51)37-54-44(48)36-32-34-43-42(58-43)33-30-28-26-24-22-16-14-12-10-8-6-4-2/h12,14,17-18,20-22,24-25,27-28,30,40-43H,3-11,13,15-16,19,23,26,29,31-39,47H2,1-2H3,(H,50,51)(H,52,53)/b14-12-,18-17-,21-20-,24-22-,27-25-,30-28-/t40-,41+,42?,43?/m1/s1. The van der Waals surface area contributed by atoms with Crippen LogP contribution in [0, 0.1) is 0 Å². The van der Waals surface area contributed by atoms with E-state index in [1.54, 1.807) is 0 Å². The van der Waals surface area contributed by atoms with Gasteiger partial charge in [0.05, 0.1) is 25.4 Å². The molecule has 5 atom stereocenters. The molecule has 3 unspecified atom stereocenters. The van der Waals surface area contributed by atoms with Gasteiger partial charge in [0, 0.05) is 12.8 Å². The molecule has 1 heterocycles. The number of unbranched alkanes of at least 4 members (excludes halogenated alkanes) is 10. The highest BCUT2D eigenvalue weighted by Gasteiger charge is 2.36. The SMILES string of the molecule is CCCCC/C=C\C/C=C\C/C=C\CC1OC1CCCC(=O)OC[C@H](COP(=O)(O)OC[C@H](N)C(=O)O)OC(=O)CCC/C=C\C/C=C\C/C=C\CCCCCCCC. The van der Waals surface area contributed by atoms with Crippen molar-refractivity contribution in [2.75, 3.05) is 19.8 Å². The largest absolute Gasteiger partial charge is 0.480 e. The maximum atomic E-state index is 12.6. The molecule has 4 N–H and O–H groups in total. The van der Waals surface area contributed by atoms with E-state index in [0.717, 1.165) is 44.9 Å². The third-order valence-corrected chi connectivity index (χ3v) is 10.3. The summed E-state index contributed by atoms with van der Waals surface area (Å²) in [5.74, 6) is -2.54. The number of carbonyl (C=O) groups excluding carboxylic acids is 2. The molecule has 1 aliphatic heterocycles. The first-order valence-electron chi connectivity index (χ1n) is 22.1. The number of ether oxygens (including phenoxy) is 3. The molecule has 0 aliphatic carbocycles. The number of aliphatic carboxylic acids is 1. The summed E-state index contributed by atoms with van der Waals surface area (Å²) in [7, 11) is -4.75. The lowest BCUT2D eigenvalue weighted by Crippen LogP contribution is -2.34. The number of allylic oxidation sites excluding steroid dienone is 11. The Morgan fingerprint density at radius 3 is 1.73 bits per heavy atom. The average Bonchev–Trinajstić information content (AvgIpc) is 3.97. The number of hydrogen-bond acceptors (Lipinski definition) is 10. The van der Waals surface area contributed by atoms with Gasteiger partial charge in [0.25, 0.3) is 0 Å². The molecule has 59 heavy (non-hydrogen) atoms. The van der Waals surface area contributed by atoms with Gasteiger partial charge in [0.1, 0.15) is 12.6 Å². The Morgan fingerprint density at radius 2 is 1.12 bits per heavy atom. The molecule has 0 bridgehead atoms. The first kappa shape index (κ1) is 53.9. The number of hydrogen-bond donors (Lipinski definition) is 3. The normalized spacial score (nSPS) is 17.8. The Morgan fingerprint density at radius 1 is 0.627 bits per heavy atom. The molecular weight excluding hydrogens is 773 g/mol. The number of carboxylic acid groups (broad SMARTS) is 1. The third kappa shape index (κ3) is 34.3. The molecular formula is C46H76NO11P. The molecule has 1 aliphatic rings. The second-order valence-electron chi connectivity index (χ2n) is 14.9. The van der Waals surface area contributed by atoms with E-state index < -0.39 is 57.7 Å². The summed E-state index contributed by atoms with van der Waals surface area (Å²) in [5.41, 5.74) is 5.33. The van der Waals surface area contributed by atoms with Crippen LogP contribution in [0.2, 0.25) is 0 Å². The van der Waals surface area contributed by atoms with Gasteiger partial charge in [-0.05, 0) is 83.5 Å². The number of rotatable bonds is 39. The second kappa shape index (κ2) is 36.7. The number of phosphoric ester groups is 1. The van der Waals surface area contributed by atoms with Crippen LogP contribution in [0.15, 0.2) is 72.9 Å². The van der Waals surface area contributed by atoms with Crippen LogP contribution in [0.25, 0.3) is 0 Å². The lowest BCUT2D eigenvalue weighted by atomic mass is 10.1. The molecule has 0 aromatic heterocycles. The first-order valence-corrected chi connectivity index (χ1v) is 23.6. The van der Waals surface area contributed by atoms with Crippen LogP contribution in [0.1, 0.15) is 155 Å². The van der Waals surface area contributed by atoms with Crippen molar-refractivity contribution in [3.8, 4) is 0 Å². The zero-order valence-electron chi connectivity index (χ0n) is 36.0. The lowest BCUT2D eigenvalue weighted by molar-refractivity contribution is -0.161. The summed E-state index contributed by atoms with van der Waals surface area (Å²) in [5, 5.41) is 8.90. The van der Waals surface area contributed by atoms with Gasteiger partial charge in [0.15, 0.2) is 6.10 Å². The molecule has 0 saturated carbocycles. The van der Waals surface area contributed by atoms with E-state index in [0.29, 0.717) is 25.7 Å². The molecule has 0 radical (unpaired) electrons.